The zero-order chi connectivity index (χ0) is 17.6. The van der Waals surface area contributed by atoms with Crippen LogP contribution >= 0.6 is 0 Å². The van der Waals surface area contributed by atoms with Gasteiger partial charge >= 0.3 is 0 Å². The lowest BCUT2D eigenvalue weighted by Gasteiger charge is -2.05. The third kappa shape index (κ3) is 4.09. The van der Waals surface area contributed by atoms with E-state index in [1.165, 1.54) is 17.3 Å². The first kappa shape index (κ1) is 16.8. The summed E-state index contributed by atoms with van der Waals surface area (Å²) in [5.41, 5.74) is 6.75. The Kier molecular flexibility index (Phi) is 5.18. The van der Waals surface area contributed by atoms with Crippen molar-refractivity contribution >= 4 is 12.1 Å². The van der Waals surface area contributed by atoms with E-state index in [1.54, 1.807) is 19.5 Å². The molecule has 0 fully saturated rings. The highest BCUT2D eigenvalue weighted by Gasteiger charge is 2.11. The molecule has 2 aromatic rings. The second kappa shape index (κ2) is 7.70. The van der Waals surface area contributed by atoms with Gasteiger partial charge in [-0.1, -0.05) is 5.57 Å². The zero-order valence-electron chi connectivity index (χ0n) is 14.3. The maximum atomic E-state index is 12.2. The van der Waals surface area contributed by atoms with E-state index >= 15 is 0 Å². The van der Waals surface area contributed by atoms with E-state index < -0.39 is 0 Å². The number of hydrogen-bond acceptors (Lipinski definition) is 5. The summed E-state index contributed by atoms with van der Waals surface area (Å²) < 4.78 is 5.14. The predicted octanol–water partition coefficient (Wildman–Crippen LogP) is 3.37. The molecule has 3 rings (SSSR count). The minimum Gasteiger partial charge on any atom is -0.497 e. The van der Waals surface area contributed by atoms with Crippen LogP contribution in [0.1, 0.15) is 36.7 Å². The maximum absolute atomic E-state index is 12.2. The fourth-order valence-corrected chi connectivity index (χ4v) is 2.70. The van der Waals surface area contributed by atoms with Crippen molar-refractivity contribution in [3.63, 3.8) is 0 Å². The van der Waals surface area contributed by atoms with Crippen LogP contribution in [-0.2, 0) is 0 Å². The molecule has 0 saturated carbocycles. The molecule has 1 heterocycles. The van der Waals surface area contributed by atoms with Gasteiger partial charge in [0.25, 0.3) is 5.91 Å². The molecule has 1 aromatic carbocycles. The Balaban J connectivity index is 1.71. The van der Waals surface area contributed by atoms with E-state index in [9.17, 15) is 4.79 Å². The summed E-state index contributed by atoms with van der Waals surface area (Å²) in [4.78, 5) is 20.7. The summed E-state index contributed by atoms with van der Waals surface area (Å²) in [6.07, 6.45) is 8.03. The monoisotopic (exact) mass is 336 g/mol. The first-order chi connectivity index (χ1) is 12.2. The smallest absolute Gasteiger partial charge is 0.291 e. The Morgan fingerprint density at radius 1 is 1.24 bits per heavy atom. The van der Waals surface area contributed by atoms with E-state index in [1.807, 2.05) is 24.3 Å². The molecule has 128 valence electrons. The number of nitrogens with one attached hydrogen (secondary N) is 1. The molecule has 0 saturated heterocycles. The Morgan fingerprint density at radius 2 is 2.04 bits per heavy atom. The number of aromatic nitrogens is 2. The van der Waals surface area contributed by atoms with Crippen molar-refractivity contribution in [2.75, 3.05) is 7.11 Å². The Labute approximate surface area is 146 Å². The molecular formula is C19H20N4O2. The van der Waals surface area contributed by atoms with Gasteiger partial charge < -0.3 is 4.74 Å². The number of nitrogens with zero attached hydrogens (tertiary/aromatic N) is 3. The molecule has 0 spiro atoms. The quantitative estimate of drug-likeness (QED) is 0.671. The van der Waals surface area contributed by atoms with E-state index in [4.69, 9.17) is 4.74 Å². The number of carbonyl (C=O) groups is 1. The van der Waals surface area contributed by atoms with E-state index in [0.717, 1.165) is 30.6 Å². The van der Waals surface area contributed by atoms with Crippen LogP contribution < -0.4 is 10.2 Å². The molecule has 1 aliphatic carbocycles. The number of hydrogen-bond donors (Lipinski definition) is 1. The number of amides is 1. The van der Waals surface area contributed by atoms with Gasteiger partial charge in [-0.2, -0.15) is 5.10 Å². The molecule has 25 heavy (non-hydrogen) atoms. The summed E-state index contributed by atoms with van der Waals surface area (Å²) in [7, 11) is 1.61. The lowest BCUT2D eigenvalue weighted by molar-refractivity contribution is 0.0950. The van der Waals surface area contributed by atoms with Gasteiger partial charge in [0, 0.05) is 5.56 Å². The van der Waals surface area contributed by atoms with Crippen LogP contribution in [0.4, 0.5) is 0 Å². The average Bonchev–Trinajstić information content (AvgIpc) is 3.07. The molecule has 1 aromatic heterocycles. The lowest BCUT2D eigenvalue weighted by atomic mass is 10.1. The van der Waals surface area contributed by atoms with Gasteiger partial charge in [0.1, 0.15) is 11.4 Å². The normalized spacial score (nSPS) is 14.2. The number of carbonyl (C=O) groups excluding carboxylic acids is 1. The van der Waals surface area contributed by atoms with Gasteiger partial charge in [-0.3, -0.25) is 9.78 Å². The van der Waals surface area contributed by atoms with Crippen LogP contribution in [0.25, 0.3) is 11.3 Å². The molecule has 0 bridgehead atoms. The Hall–Kier alpha value is -3.02. The number of allylic oxidation sites excluding steroid dienone is 2. The van der Waals surface area contributed by atoms with E-state index in [-0.39, 0.29) is 11.6 Å². The van der Waals surface area contributed by atoms with Crippen molar-refractivity contribution < 1.29 is 9.53 Å². The van der Waals surface area contributed by atoms with Crippen molar-refractivity contribution in [3.05, 3.63) is 53.5 Å². The van der Waals surface area contributed by atoms with Crippen molar-refractivity contribution in [1.29, 1.82) is 0 Å². The number of ether oxygens (including phenoxy) is 1. The highest BCUT2D eigenvalue weighted by molar-refractivity contribution is 5.93. The molecule has 1 amide bonds. The predicted molar refractivity (Wildman–Crippen MR) is 96.5 cm³/mol. The van der Waals surface area contributed by atoms with Crippen LogP contribution in [0.15, 0.2) is 52.9 Å². The van der Waals surface area contributed by atoms with Gasteiger partial charge in [0.05, 0.1) is 31.4 Å². The molecule has 0 radical (unpaired) electrons. The number of rotatable bonds is 5. The zero-order valence-corrected chi connectivity index (χ0v) is 14.3. The van der Waals surface area contributed by atoms with Gasteiger partial charge in [-0.25, -0.2) is 10.4 Å². The number of benzene rings is 1. The number of hydrazone groups is 1. The largest absolute Gasteiger partial charge is 0.497 e. The van der Waals surface area contributed by atoms with Crippen molar-refractivity contribution in [2.24, 2.45) is 5.10 Å². The standard InChI is InChI=1S/C19H20N4O2/c1-13-4-3-5-15(13)10-21-23-19(24)18-12-20-11-17(22-18)14-6-8-16(25-2)9-7-14/h6-12H,3-5H2,1-2H3,(H,23,24). The molecule has 6 heteroatoms. The third-order valence-corrected chi connectivity index (χ3v) is 4.19. The topological polar surface area (TPSA) is 76.5 Å². The van der Waals surface area contributed by atoms with Crippen LogP contribution in [0.3, 0.4) is 0 Å². The Bertz CT molecular complexity index is 826. The summed E-state index contributed by atoms with van der Waals surface area (Å²) in [6.45, 7) is 2.10. The van der Waals surface area contributed by atoms with Crippen molar-refractivity contribution in [3.8, 4) is 17.0 Å². The van der Waals surface area contributed by atoms with Gasteiger partial charge in [0.2, 0.25) is 0 Å². The molecule has 1 N–H and O–H groups in total. The first-order valence-corrected chi connectivity index (χ1v) is 8.16. The van der Waals surface area contributed by atoms with Gasteiger partial charge in [-0.05, 0) is 56.0 Å². The minimum absolute atomic E-state index is 0.225. The molecule has 0 aliphatic heterocycles. The van der Waals surface area contributed by atoms with E-state index in [2.05, 4.69) is 27.4 Å². The molecule has 0 atom stereocenters. The van der Waals surface area contributed by atoms with Crippen molar-refractivity contribution in [1.82, 2.24) is 15.4 Å². The van der Waals surface area contributed by atoms with Crippen molar-refractivity contribution in [2.45, 2.75) is 26.2 Å². The summed E-state index contributed by atoms with van der Waals surface area (Å²) >= 11 is 0. The van der Waals surface area contributed by atoms with Gasteiger partial charge in [-0.15, -0.1) is 0 Å². The highest BCUT2D eigenvalue weighted by atomic mass is 16.5. The fraction of sp³-hybridized carbons (Fsp3) is 0.263. The number of methoxy groups -OCH3 is 1. The SMILES string of the molecule is COc1ccc(-c2cncc(C(=O)NN=CC3=C(C)CCC3)n2)cc1. The lowest BCUT2D eigenvalue weighted by Crippen LogP contribution is -2.19. The van der Waals surface area contributed by atoms with Crippen LogP contribution in [0, 0.1) is 0 Å². The summed E-state index contributed by atoms with van der Waals surface area (Å²) in [6, 6.07) is 7.42. The maximum Gasteiger partial charge on any atom is 0.291 e. The second-order valence-corrected chi connectivity index (χ2v) is 5.88. The minimum atomic E-state index is -0.379. The average molecular weight is 336 g/mol. The summed E-state index contributed by atoms with van der Waals surface area (Å²) in [5.74, 6) is 0.381. The summed E-state index contributed by atoms with van der Waals surface area (Å²) in [5, 5.41) is 4.04. The molecule has 6 nitrogen and oxygen atoms in total. The Morgan fingerprint density at radius 3 is 2.72 bits per heavy atom. The first-order valence-electron chi connectivity index (χ1n) is 8.16. The third-order valence-electron chi connectivity index (χ3n) is 4.19. The molecular weight excluding hydrogens is 316 g/mol. The van der Waals surface area contributed by atoms with E-state index in [0.29, 0.717) is 5.69 Å². The second-order valence-electron chi connectivity index (χ2n) is 5.88. The van der Waals surface area contributed by atoms with Crippen LogP contribution in [-0.4, -0.2) is 29.2 Å². The fourth-order valence-electron chi connectivity index (χ4n) is 2.70. The van der Waals surface area contributed by atoms with Crippen LogP contribution in [0.5, 0.6) is 5.75 Å². The van der Waals surface area contributed by atoms with Gasteiger partial charge in [0.15, 0.2) is 0 Å². The molecule has 1 aliphatic rings. The molecule has 0 unspecified atom stereocenters. The highest BCUT2D eigenvalue weighted by Crippen LogP contribution is 2.23. The van der Waals surface area contributed by atoms with Crippen LogP contribution in [0.2, 0.25) is 0 Å².